The SMILES string of the molecule is CCN1Cc2ncnc(Oc3ccc4c(ccn4C(=O)O)c3)c2CC1C. The number of hydrogen-bond acceptors (Lipinski definition) is 5. The molecule has 0 radical (unpaired) electrons. The molecular formula is C19H20N4O3. The van der Waals surface area contributed by atoms with Crippen molar-refractivity contribution in [1.82, 2.24) is 19.4 Å². The number of hydrogen-bond donors (Lipinski definition) is 1. The van der Waals surface area contributed by atoms with Crippen molar-refractivity contribution in [2.24, 2.45) is 0 Å². The Kier molecular flexibility index (Phi) is 4.08. The zero-order valence-corrected chi connectivity index (χ0v) is 14.7. The van der Waals surface area contributed by atoms with Crippen molar-refractivity contribution >= 4 is 17.0 Å². The van der Waals surface area contributed by atoms with Crippen LogP contribution in [0.15, 0.2) is 36.8 Å². The summed E-state index contributed by atoms with van der Waals surface area (Å²) in [6.45, 7) is 6.13. The number of nitrogens with zero attached hydrogens (tertiary/aromatic N) is 4. The molecule has 0 fully saturated rings. The fourth-order valence-electron chi connectivity index (χ4n) is 3.52. The molecule has 0 amide bonds. The molecule has 0 aliphatic carbocycles. The average molecular weight is 352 g/mol. The maximum atomic E-state index is 11.2. The van der Waals surface area contributed by atoms with Crippen LogP contribution in [0.4, 0.5) is 4.79 Å². The number of rotatable bonds is 3. The largest absolute Gasteiger partial charge is 0.464 e. The molecule has 1 aliphatic rings. The van der Waals surface area contributed by atoms with E-state index in [1.807, 2.05) is 6.07 Å². The lowest BCUT2D eigenvalue weighted by atomic mass is 10.00. The van der Waals surface area contributed by atoms with Gasteiger partial charge in [0.25, 0.3) is 0 Å². The molecule has 26 heavy (non-hydrogen) atoms. The van der Waals surface area contributed by atoms with Crippen molar-refractivity contribution in [3.8, 4) is 11.6 Å². The fraction of sp³-hybridized carbons (Fsp3) is 0.316. The quantitative estimate of drug-likeness (QED) is 0.777. The van der Waals surface area contributed by atoms with Crippen molar-refractivity contribution in [2.45, 2.75) is 32.9 Å². The normalized spacial score (nSPS) is 17.2. The second-order valence-electron chi connectivity index (χ2n) is 6.51. The highest BCUT2D eigenvalue weighted by Gasteiger charge is 2.26. The summed E-state index contributed by atoms with van der Waals surface area (Å²) >= 11 is 0. The molecule has 0 spiro atoms. The van der Waals surface area contributed by atoms with Crippen molar-refractivity contribution in [1.29, 1.82) is 0 Å². The van der Waals surface area contributed by atoms with Gasteiger partial charge < -0.3 is 9.84 Å². The highest BCUT2D eigenvalue weighted by atomic mass is 16.5. The fourth-order valence-corrected chi connectivity index (χ4v) is 3.52. The van der Waals surface area contributed by atoms with Crippen molar-refractivity contribution in [3.05, 3.63) is 48.0 Å². The summed E-state index contributed by atoms with van der Waals surface area (Å²) in [5.74, 6) is 1.21. The van der Waals surface area contributed by atoms with Crippen LogP contribution in [0.25, 0.3) is 10.9 Å². The Balaban J connectivity index is 1.66. The smallest absolute Gasteiger partial charge is 0.415 e. The first-order chi connectivity index (χ1) is 12.6. The van der Waals surface area contributed by atoms with Gasteiger partial charge in [0.15, 0.2) is 0 Å². The molecule has 7 nitrogen and oxygen atoms in total. The lowest BCUT2D eigenvalue weighted by molar-refractivity contribution is 0.189. The third kappa shape index (κ3) is 2.80. The number of aromatic nitrogens is 3. The number of ether oxygens (including phenoxy) is 1. The molecule has 1 N–H and O–H groups in total. The zero-order valence-electron chi connectivity index (χ0n) is 14.7. The van der Waals surface area contributed by atoms with Gasteiger partial charge in [-0.1, -0.05) is 6.92 Å². The topological polar surface area (TPSA) is 80.5 Å². The lowest BCUT2D eigenvalue weighted by Crippen LogP contribution is -2.38. The number of fused-ring (bicyclic) bond motifs is 2. The second kappa shape index (κ2) is 6.42. The van der Waals surface area contributed by atoms with E-state index in [1.165, 1.54) is 17.1 Å². The van der Waals surface area contributed by atoms with Gasteiger partial charge in [-0.3, -0.25) is 9.47 Å². The summed E-state index contributed by atoms with van der Waals surface area (Å²) in [4.78, 5) is 22.3. The van der Waals surface area contributed by atoms with E-state index in [0.717, 1.165) is 36.2 Å². The van der Waals surface area contributed by atoms with E-state index in [4.69, 9.17) is 4.74 Å². The molecule has 7 heteroatoms. The first-order valence-corrected chi connectivity index (χ1v) is 8.66. The monoisotopic (exact) mass is 352 g/mol. The summed E-state index contributed by atoms with van der Waals surface area (Å²) in [6.07, 6.45) is 2.91. The van der Waals surface area contributed by atoms with Gasteiger partial charge in [0.1, 0.15) is 12.1 Å². The number of likely N-dealkylation sites (N-methyl/N-ethyl adjacent to an activating group) is 1. The van der Waals surface area contributed by atoms with Crippen LogP contribution in [0.5, 0.6) is 11.6 Å². The molecule has 2 aromatic heterocycles. The van der Waals surface area contributed by atoms with Gasteiger partial charge in [-0.2, -0.15) is 0 Å². The minimum atomic E-state index is -1.01. The first kappa shape index (κ1) is 16.5. The molecule has 0 saturated heterocycles. The van der Waals surface area contributed by atoms with Gasteiger partial charge in [-0.25, -0.2) is 14.8 Å². The van der Waals surface area contributed by atoms with Gasteiger partial charge in [0.2, 0.25) is 5.88 Å². The first-order valence-electron chi connectivity index (χ1n) is 8.66. The Hall–Kier alpha value is -2.93. The molecule has 0 bridgehead atoms. The number of carbonyl (C=O) groups is 1. The third-order valence-corrected chi connectivity index (χ3v) is 4.96. The predicted molar refractivity (Wildman–Crippen MR) is 96.7 cm³/mol. The van der Waals surface area contributed by atoms with Crippen LogP contribution in [0.2, 0.25) is 0 Å². The van der Waals surface area contributed by atoms with E-state index in [0.29, 0.717) is 23.2 Å². The lowest BCUT2D eigenvalue weighted by Gasteiger charge is -2.33. The van der Waals surface area contributed by atoms with E-state index >= 15 is 0 Å². The minimum Gasteiger partial charge on any atom is -0.464 e. The van der Waals surface area contributed by atoms with Gasteiger partial charge in [-0.15, -0.1) is 0 Å². The van der Waals surface area contributed by atoms with E-state index in [2.05, 4.69) is 28.7 Å². The van der Waals surface area contributed by atoms with E-state index in [9.17, 15) is 9.90 Å². The van der Waals surface area contributed by atoms with E-state index in [-0.39, 0.29) is 0 Å². The van der Waals surface area contributed by atoms with Gasteiger partial charge in [0, 0.05) is 29.7 Å². The summed E-state index contributed by atoms with van der Waals surface area (Å²) < 4.78 is 7.23. The highest BCUT2D eigenvalue weighted by Crippen LogP contribution is 2.31. The van der Waals surface area contributed by atoms with Crippen molar-refractivity contribution < 1.29 is 14.6 Å². The maximum absolute atomic E-state index is 11.2. The Morgan fingerprint density at radius 1 is 1.35 bits per heavy atom. The van der Waals surface area contributed by atoms with Crippen molar-refractivity contribution in [2.75, 3.05) is 6.54 Å². The Labute approximate surface area is 150 Å². The molecule has 1 aliphatic heterocycles. The van der Waals surface area contributed by atoms with Crippen LogP contribution < -0.4 is 4.74 Å². The Bertz CT molecular complexity index is 982. The third-order valence-electron chi connectivity index (χ3n) is 4.96. The van der Waals surface area contributed by atoms with Crippen LogP contribution in [-0.2, 0) is 13.0 Å². The zero-order chi connectivity index (χ0) is 18.3. The highest BCUT2D eigenvalue weighted by molar-refractivity contribution is 5.89. The average Bonchev–Trinajstić information content (AvgIpc) is 3.05. The second-order valence-corrected chi connectivity index (χ2v) is 6.51. The molecule has 1 aromatic carbocycles. The maximum Gasteiger partial charge on any atom is 0.415 e. The molecular weight excluding hydrogens is 332 g/mol. The Morgan fingerprint density at radius 3 is 2.96 bits per heavy atom. The molecule has 1 atom stereocenters. The van der Waals surface area contributed by atoms with E-state index in [1.54, 1.807) is 18.2 Å². The van der Waals surface area contributed by atoms with Crippen LogP contribution in [0, 0.1) is 0 Å². The molecule has 134 valence electrons. The van der Waals surface area contributed by atoms with Crippen LogP contribution >= 0.6 is 0 Å². The van der Waals surface area contributed by atoms with Crippen LogP contribution in [0.3, 0.4) is 0 Å². The van der Waals surface area contributed by atoms with Gasteiger partial charge in [0.05, 0.1) is 11.2 Å². The summed E-state index contributed by atoms with van der Waals surface area (Å²) in [6, 6.07) is 7.50. The van der Waals surface area contributed by atoms with Gasteiger partial charge in [-0.05, 0) is 44.2 Å². The molecule has 0 saturated carbocycles. The number of carboxylic acid groups (broad SMARTS) is 1. The van der Waals surface area contributed by atoms with Crippen LogP contribution in [-0.4, -0.2) is 43.2 Å². The summed E-state index contributed by atoms with van der Waals surface area (Å²) in [5, 5.41) is 9.99. The summed E-state index contributed by atoms with van der Waals surface area (Å²) in [5.41, 5.74) is 2.68. The number of benzene rings is 1. The van der Waals surface area contributed by atoms with E-state index < -0.39 is 6.09 Å². The Morgan fingerprint density at radius 2 is 2.19 bits per heavy atom. The molecule has 3 heterocycles. The minimum absolute atomic E-state index is 0.410. The van der Waals surface area contributed by atoms with Crippen LogP contribution in [0.1, 0.15) is 25.1 Å². The summed E-state index contributed by atoms with van der Waals surface area (Å²) in [7, 11) is 0. The van der Waals surface area contributed by atoms with Crippen molar-refractivity contribution in [3.63, 3.8) is 0 Å². The molecule has 1 unspecified atom stereocenters. The standard InChI is InChI=1S/C19H20N4O3/c1-3-22-10-16-15(8-12(22)2)18(21-11-20-16)26-14-4-5-17-13(9-14)6-7-23(17)19(24)25/h4-7,9,11-12H,3,8,10H2,1-2H3,(H,24,25). The molecule has 3 aromatic rings. The predicted octanol–water partition coefficient (Wildman–Crippen LogP) is 3.52. The molecule has 4 rings (SSSR count). The van der Waals surface area contributed by atoms with Gasteiger partial charge >= 0.3 is 6.09 Å².